The molecule has 1 heterocycles. The molecule has 0 unspecified atom stereocenters. The van der Waals surface area contributed by atoms with Crippen LogP contribution in [0.25, 0.3) is 0 Å². The van der Waals surface area contributed by atoms with Gasteiger partial charge in [-0.2, -0.15) is 0 Å². The van der Waals surface area contributed by atoms with E-state index in [0.717, 1.165) is 13.2 Å². The monoisotopic (exact) mass is 232 g/mol. The van der Waals surface area contributed by atoms with E-state index < -0.39 is 11.9 Å². The van der Waals surface area contributed by atoms with Gasteiger partial charge < -0.3 is 19.4 Å². The molecule has 5 heteroatoms. The molecule has 0 radical (unpaired) electrons. The predicted molar refractivity (Wildman–Crippen MR) is 58.7 cm³/mol. The predicted octanol–water partition coefficient (Wildman–Crippen LogP) is -0.200. The Bertz CT molecular complexity index is 196. The van der Waals surface area contributed by atoms with Crippen LogP contribution in [-0.2, 0) is 14.3 Å². The lowest BCUT2D eigenvalue weighted by molar-refractivity contribution is -0.305. The summed E-state index contributed by atoms with van der Waals surface area (Å²) >= 11 is 0. The van der Waals surface area contributed by atoms with E-state index in [2.05, 4.69) is 16.1 Å². The number of esters is 1. The molecule has 0 atom stereocenters. The largest absolute Gasteiger partial charge is 0.550 e. The smallest absolute Gasteiger partial charge is 0.306 e. The molecule has 1 N–H and O–H groups in total. The number of hydrogen-bond donors (Lipinski definition) is 0. The van der Waals surface area contributed by atoms with Crippen molar-refractivity contribution >= 4 is 11.9 Å². The van der Waals surface area contributed by atoms with E-state index in [9.17, 15) is 14.7 Å². The van der Waals surface area contributed by atoms with Crippen LogP contribution in [-0.4, -0.2) is 36.5 Å². The van der Waals surface area contributed by atoms with Crippen LogP contribution in [0.5, 0.6) is 0 Å². The van der Waals surface area contributed by atoms with Gasteiger partial charge in [0.1, 0.15) is 0 Å². The van der Waals surface area contributed by atoms with Crippen LogP contribution in [0.1, 0.15) is 26.7 Å². The molecule has 94 valence electrons. The lowest BCUT2D eigenvalue weighted by Crippen LogP contribution is -2.23. The molecule has 5 nitrogen and oxygen atoms in total. The average molecular weight is 232 g/mol. The molecular weight excluding hydrogens is 212 g/mol. The molecule has 0 aliphatic carbocycles. The summed E-state index contributed by atoms with van der Waals surface area (Å²) in [5.74, 6) is -1.72. The molecule has 0 amide bonds. The standard InChI is InChI=1S/C6H10O4.C3H6.C2H4O/c1-2-10-6(9)4-3-5(7)8;1-3-2;1-2-3-1/h2-4H2,1H3,(H,7,8);3H,1H2,2H3;1-2H2. The fourth-order valence-electron chi connectivity index (χ4n) is 0.437. The summed E-state index contributed by atoms with van der Waals surface area (Å²) in [6, 6.07) is 0. The minimum atomic E-state index is -1.23. The maximum Gasteiger partial charge on any atom is 0.306 e. The van der Waals surface area contributed by atoms with E-state index in [4.69, 9.17) is 0 Å². The lowest BCUT2D eigenvalue weighted by Gasteiger charge is -2.01. The van der Waals surface area contributed by atoms with E-state index in [1.54, 1.807) is 13.0 Å². The van der Waals surface area contributed by atoms with Crippen LogP contribution >= 0.6 is 0 Å². The van der Waals surface area contributed by atoms with E-state index in [-0.39, 0.29) is 19.4 Å². The first-order valence-corrected chi connectivity index (χ1v) is 5.14. The van der Waals surface area contributed by atoms with Gasteiger partial charge in [-0.25, -0.2) is 0 Å². The number of epoxide rings is 1. The first-order chi connectivity index (χ1) is 7.58. The molecule has 1 saturated heterocycles. The Balaban J connectivity index is 0. The average Bonchev–Trinajstić information content (AvgIpc) is 3.03. The number of allylic oxidation sites excluding steroid dienone is 1. The highest BCUT2D eigenvalue weighted by atomic mass is 16.6. The topological polar surface area (TPSA) is 79.2 Å². The number of aliphatic hydroxyl groups is 2. The highest BCUT2D eigenvalue weighted by Gasteiger charge is 2.03. The van der Waals surface area contributed by atoms with Gasteiger partial charge in [-0.1, -0.05) is 6.08 Å². The van der Waals surface area contributed by atoms with Crippen molar-refractivity contribution in [2.75, 3.05) is 19.8 Å². The zero-order chi connectivity index (χ0) is 12.8. The molecule has 0 spiro atoms. The zero-order valence-electron chi connectivity index (χ0n) is 9.90. The van der Waals surface area contributed by atoms with E-state index in [1.165, 1.54) is 0 Å². The van der Waals surface area contributed by atoms with Crippen molar-refractivity contribution in [3.8, 4) is 0 Å². The molecule has 1 aliphatic heterocycles. The van der Waals surface area contributed by atoms with E-state index in [0.29, 0.717) is 0 Å². The second kappa shape index (κ2) is 13.6. The first-order valence-electron chi connectivity index (χ1n) is 5.14. The number of carboxylic acids is 1. The summed E-state index contributed by atoms with van der Waals surface area (Å²) in [5, 5.41) is 9.79. The summed E-state index contributed by atoms with van der Waals surface area (Å²) < 4.78 is 8.21. The van der Waals surface area contributed by atoms with Crippen molar-refractivity contribution in [3.05, 3.63) is 12.7 Å². The Hall–Kier alpha value is -1.36. The highest BCUT2D eigenvalue weighted by Crippen LogP contribution is 1.90. The normalized spacial score (nSPS) is 10.9. The second-order valence-corrected chi connectivity index (χ2v) is 2.76. The van der Waals surface area contributed by atoms with E-state index in [1.807, 2.05) is 6.92 Å². The summed E-state index contributed by atoms with van der Waals surface area (Å²) in [7, 11) is 0. The quantitative estimate of drug-likeness (QED) is 0.291. The van der Waals surface area contributed by atoms with Crippen LogP contribution in [0.3, 0.4) is 0 Å². The van der Waals surface area contributed by atoms with E-state index >= 15 is 0 Å². The van der Waals surface area contributed by atoms with Crippen LogP contribution in [0, 0.1) is 0 Å². The molecule has 16 heavy (non-hydrogen) atoms. The summed E-state index contributed by atoms with van der Waals surface area (Å²) in [6.07, 6.45) is 1.38. The van der Waals surface area contributed by atoms with Crippen molar-refractivity contribution in [2.45, 2.75) is 26.7 Å². The number of carbonyl (C=O) groups excluding carboxylic acids is 2. The molecule has 0 saturated carbocycles. The Morgan fingerprint density at radius 1 is 1.44 bits per heavy atom. The Kier molecular flexibility index (Phi) is 14.5. The van der Waals surface area contributed by atoms with Crippen molar-refractivity contribution in [1.82, 2.24) is 0 Å². The van der Waals surface area contributed by atoms with Gasteiger partial charge in [0.2, 0.25) is 13.2 Å². The fourth-order valence-corrected chi connectivity index (χ4v) is 0.437. The molecular formula is C11H20O5. The third-order valence-corrected chi connectivity index (χ3v) is 1.06. The van der Waals surface area contributed by atoms with Crippen molar-refractivity contribution in [2.24, 2.45) is 0 Å². The van der Waals surface area contributed by atoms with Crippen molar-refractivity contribution < 1.29 is 24.2 Å². The maximum absolute atomic E-state index is 10.4. The highest BCUT2D eigenvalue weighted by molar-refractivity contribution is 5.75. The van der Waals surface area contributed by atoms with Crippen molar-refractivity contribution in [1.29, 1.82) is 0 Å². The number of aliphatic carboxylic acids is 1. The van der Waals surface area contributed by atoms with Gasteiger partial charge in [0.05, 0.1) is 13.0 Å². The first kappa shape index (κ1) is 17.0. The minimum absolute atomic E-state index is 0.101. The Labute approximate surface area is 96.0 Å². The number of carbonyl (C=O) groups is 2. The lowest BCUT2D eigenvalue weighted by atomic mass is 10.3. The second-order valence-electron chi connectivity index (χ2n) is 2.76. The summed E-state index contributed by atoms with van der Waals surface area (Å²) in [6.45, 7) is 9.45. The Morgan fingerprint density at radius 3 is 2.12 bits per heavy atom. The van der Waals surface area contributed by atoms with Gasteiger partial charge in [-0.05, 0) is 20.3 Å². The van der Waals surface area contributed by atoms with Crippen LogP contribution in [0.2, 0.25) is 0 Å². The molecule has 1 fully saturated rings. The third kappa shape index (κ3) is 29.3. The third-order valence-electron chi connectivity index (χ3n) is 1.06. The number of ether oxygens (including phenoxy) is 2. The number of rotatable bonds is 4. The van der Waals surface area contributed by atoms with Crippen LogP contribution < -0.4 is 5.11 Å². The molecule has 1 aliphatic rings. The van der Waals surface area contributed by atoms with Crippen LogP contribution in [0.4, 0.5) is 0 Å². The number of hydrogen-bond acceptors (Lipinski definition) is 4. The van der Waals surface area contributed by atoms with Gasteiger partial charge in [-0.15, -0.1) is 6.58 Å². The molecule has 0 aromatic heterocycles. The van der Waals surface area contributed by atoms with Gasteiger partial charge in [-0.3, -0.25) is 4.79 Å². The van der Waals surface area contributed by atoms with Gasteiger partial charge in [0.15, 0.2) is 0 Å². The van der Waals surface area contributed by atoms with Gasteiger partial charge in [0, 0.05) is 5.97 Å². The van der Waals surface area contributed by atoms with Crippen molar-refractivity contribution in [3.63, 3.8) is 0 Å². The zero-order valence-corrected chi connectivity index (χ0v) is 9.90. The molecule has 0 aromatic carbocycles. The minimum Gasteiger partial charge on any atom is -0.550 e. The molecule has 1 rings (SSSR count). The molecule has 0 aromatic rings. The Morgan fingerprint density at radius 2 is 1.88 bits per heavy atom. The fraction of sp³-hybridized carbons (Fsp3) is 0.636. The maximum atomic E-state index is 10.4. The van der Waals surface area contributed by atoms with Gasteiger partial charge in [0.25, 0.3) is 0 Å². The number of carboxylic acid groups (broad SMARTS) is 1. The SMILES string of the molecule is C1C[OH+]1.C=CC.CCOC(=O)CCC(=O)[O-]. The van der Waals surface area contributed by atoms with Gasteiger partial charge >= 0.3 is 5.97 Å². The molecule has 0 bridgehead atoms. The summed E-state index contributed by atoms with van der Waals surface area (Å²) in [4.78, 5) is 20.2. The van der Waals surface area contributed by atoms with Crippen LogP contribution in [0.15, 0.2) is 12.7 Å². The summed E-state index contributed by atoms with van der Waals surface area (Å²) in [5.41, 5.74) is 0.